The molecule has 0 amide bonds. The topological polar surface area (TPSA) is 81.8 Å². The van der Waals surface area contributed by atoms with E-state index in [9.17, 15) is 14.9 Å². The maximum absolute atomic E-state index is 12.8. The molecule has 1 rings (SSSR count). The lowest BCUT2D eigenvalue weighted by atomic mass is 10.2. The van der Waals surface area contributed by atoms with Gasteiger partial charge in [-0.25, -0.2) is 0 Å². The molecule has 0 fully saturated rings. The Balaban J connectivity index is 3.14. The molecular formula is C14H22NO5P. The molecule has 1 aromatic rings. The third kappa shape index (κ3) is 4.06. The smallest absolute Gasteiger partial charge is 0.401 e. The summed E-state index contributed by atoms with van der Waals surface area (Å²) in [5.41, 5.74) is 0.579. The van der Waals surface area contributed by atoms with E-state index in [1.807, 2.05) is 0 Å². The minimum atomic E-state index is -3.59. The van der Waals surface area contributed by atoms with Crippen LogP contribution in [0.5, 0.6) is 5.75 Å². The summed E-state index contributed by atoms with van der Waals surface area (Å²) in [4.78, 5) is 0. The molecule has 7 heteroatoms. The summed E-state index contributed by atoms with van der Waals surface area (Å²) in [5, 5.41) is 20.2. The number of hydrogen-bond acceptors (Lipinski definition) is 5. The largest absolute Gasteiger partial charge is 0.623 e. The zero-order chi connectivity index (χ0) is 16.1. The first-order valence-corrected chi connectivity index (χ1v) is 8.30. The number of nitrogens with zero attached hydrogens (tertiary/aromatic N) is 1. The molecule has 1 aromatic carbocycles. The highest BCUT2D eigenvalue weighted by atomic mass is 31.2. The molecule has 0 saturated carbocycles. The summed E-state index contributed by atoms with van der Waals surface area (Å²) >= 11 is 0. The van der Waals surface area contributed by atoms with Crippen molar-refractivity contribution in [2.45, 2.75) is 33.0 Å². The van der Waals surface area contributed by atoms with Crippen LogP contribution in [-0.2, 0) is 13.6 Å². The van der Waals surface area contributed by atoms with Gasteiger partial charge in [-0.3, -0.25) is 4.57 Å². The van der Waals surface area contributed by atoms with Gasteiger partial charge in [-0.1, -0.05) is 0 Å². The molecule has 0 aliphatic heterocycles. The predicted octanol–water partition coefficient (Wildman–Crippen LogP) is 3.32. The highest BCUT2D eigenvalue weighted by Crippen LogP contribution is 2.59. The van der Waals surface area contributed by atoms with Crippen molar-refractivity contribution in [3.63, 3.8) is 0 Å². The maximum atomic E-state index is 12.8. The second kappa shape index (κ2) is 7.07. The highest BCUT2D eigenvalue weighted by molar-refractivity contribution is 7.55. The van der Waals surface area contributed by atoms with Crippen LogP contribution in [-0.4, -0.2) is 34.6 Å². The lowest BCUT2D eigenvalue weighted by Gasteiger charge is -2.30. The number of benzene rings is 1. The zero-order valence-corrected chi connectivity index (χ0v) is 13.7. The Bertz CT molecular complexity index is 529. The molecule has 0 saturated heterocycles. The Morgan fingerprint density at radius 2 is 1.71 bits per heavy atom. The van der Waals surface area contributed by atoms with Crippen molar-refractivity contribution in [2.24, 2.45) is 0 Å². The predicted molar refractivity (Wildman–Crippen MR) is 81.8 cm³/mol. The Kier molecular flexibility index (Phi) is 5.96. The van der Waals surface area contributed by atoms with Gasteiger partial charge < -0.3 is 19.4 Å². The molecule has 1 N–H and O–H groups in total. The fraction of sp³-hybridized carbons (Fsp3) is 0.500. The van der Waals surface area contributed by atoms with Gasteiger partial charge >= 0.3 is 7.60 Å². The Labute approximate surface area is 125 Å². The van der Waals surface area contributed by atoms with E-state index in [4.69, 9.17) is 9.05 Å². The minimum Gasteiger partial charge on any atom is -0.623 e. The summed E-state index contributed by atoms with van der Waals surface area (Å²) in [6.07, 6.45) is 1.30. The quantitative estimate of drug-likeness (QED) is 0.274. The molecular weight excluding hydrogens is 293 g/mol. The van der Waals surface area contributed by atoms with E-state index < -0.39 is 12.9 Å². The number of rotatable bonds is 7. The first-order chi connectivity index (χ1) is 9.76. The van der Waals surface area contributed by atoms with Crippen molar-refractivity contribution in [3.05, 3.63) is 35.0 Å². The van der Waals surface area contributed by atoms with Gasteiger partial charge in [0.1, 0.15) is 5.75 Å². The first kappa shape index (κ1) is 17.7. The molecule has 21 heavy (non-hydrogen) atoms. The molecule has 0 radical (unpaired) electrons. The number of phenolic OH excluding ortho intramolecular Hbond substituents is 1. The summed E-state index contributed by atoms with van der Waals surface area (Å²) < 4.78 is 23.8. The summed E-state index contributed by atoms with van der Waals surface area (Å²) in [7, 11) is -3.59. The van der Waals surface area contributed by atoms with E-state index >= 15 is 0 Å². The average molecular weight is 315 g/mol. The van der Waals surface area contributed by atoms with Crippen LogP contribution in [0.1, 0.15) is 33.3 Å². The van der Waals surface area contributed by atoms with Crippen molar-refractivity contribution in [3.8, 4) is 5.75 Å². The Morgan fingerprint density at radius 1 is 1.24 bits per heavy atom. The summed E-state index contributed by atoms with van der Waals surface area (Å²) in [6, 6.07) is 6.11. The minimum absolute atomic E-state index is 0.109. The highest BCUT2D eigenvalue weighted by Gasteiger charge is 2.51. The second-order valence-electron chi connectivity index (χ2n) is 4.87. The van der Waals surface area contributed by atoms with Crippen LogP contribution in [0.2, 0.25) is 0 Å². The van der Waals surface area contributed by atoms with E-state index in [0.717, 1.165) is 0 Å². The third-order valence-corrected chi connectivity index (χ3v) is 5.70. The molecule has 0 aliphatic carbocycles. The molecule has 0 bridgehead atoms. The summed E-state index contributed by atoms with van der Waals surface area (Å²) in [6.45, 7) is 6.80. The van der Waals surface area contributed by atoms with Gasteiger partial charge in [0.25, 0.3) is 5.28 Å². The van der Waals surface area contributed by atoms with Gasteiger partial charge in [-0.15, -0.1) is 0 Å². The Hall–Kier alpha value is -1.36. The van der Waals surface area contributed by atoms with Crippen LogP contribution in [0, 0.1) is 5.21 Å². The molecule has 0 unspecified atom stereocenters. The maximum Gasteiger partial charge on any atom is 0.401 e. The fourth-order valence-electron chi connectivity index (χ4n) is 1.67. The molecule has 0 aromatic heterocycles. The van der Waals surface area contributed by atoms with Crippen LogP contribution < -0.4 is 0 Å². The molecule has 118 valence electrons. The summed E-state index contributed by atoms with van der Waals surface area (Å²) in [5.74, 6) is 0.109. The van der Waals surface area contributed by atoms with E-state index in [-0.39, 0.29) is 19.0 Å². The normalized spacial score (nSPS) is 13.4. The standard InChI is InChI=1S/C14H22NO5P/c1-5-19-21(18,20-6-2)14(3,4)15(17)11-12-7-9-13(16)10-8-12/h7-11,16H,5-6H2,1-4H3. The van der Waals surface area contributed by atoms with Gasteiger partial charge in [-0.05, 0) is 38.1 Å². The van der Waals surface area contributed by atoms with Crippen molar-refractivity contribution < 1.29 is 23.5 Å². The molecule has 0 atom stereocenters. The van der Waals surface area contributed by atoms with Crippen LogP contribution >= 0.6 is 7.60 Å². The van der Waals surface area contributed by atoms with Crippen LogP contribution in [0.4, 0.5) is 0 Å². The lowest BCUT2D eigenvalue weighted by Crippen LogP contribution is -2.35. The number of aromatic hydroxyl groups is 1. The third-order valence-electron chi connectivity index (χ3n) is 2.97. The van der Waals surface area contributed by atoms with E-state index in [1.165, 1.54) is 32.2 Å². The number of hydrogen-bond donors (Lipinski definition) is 1. The van der Waals surface area contributed by atoms with E-state index in [1.54, 1.807) is 26.0 Å². The molecule has 0 heterocycles. The van der Waals surface area contributed by atoms with Gasteiger partial charge in [0.2, 0.25) is 0 Å². The Morgan fingerprint density at radius 3 is 2.14 bits per heavy atom. The van der Waals surface area contributed by atoms with E-state index in [2.05, 4.69) is 0 Å². The molecule has 0 spiro atoms. The molecule has 6 nitrogen and oxygen atoms in total. The fourth-order valence-corrected chi connectivity index (χ4v) is 3.35. The lowest BCUT2D eigenvalue weighted by molar-refractivity contribution is -0.510. The number of phenols is 1. The molecule has 0 aliphatic rings. The van der Waals surface area contributed by atoms with Gasteiger partial charge in [-0.2, -0.15) is 4.74 Å². The SMILES string of the molecule is CCOP(=O)(OCC)C(C)(C)[N+]([O-])=Cc1ccc(O)cc1. The first-order valence-electron chi connectivity index (χ1n) is 6.76. The zero-order valence-electron chi connectivity index (χ0n) is 12.8. The van der Waals surface area contributed by atoms with Gasteiger partial charge in [0.05, 0.1) is 13.2 Å². The van der Waals surface area contributed by atoms with Crippen molar-refractivity contribution >= 4 is 13.8 Å². The van der Waals surface area contributed by atoms with Gasteiger partial charge in [0.15, 0.2) is 6.21 Å². The van der Waals surface area contributed by atoms with Crippen LogP contribution in [0.25, 0.3) is 0 Å². The number of hydroxylamine groups is 1. The van der Waals surface area contributed by atoms with Gasteiger partial charge in [0, 0.05) is 19.4 Å². The van der Waals surface area contributed by atoms with E-state index in [0.29, 0.717) is 10.3 Å². The van der Waals surface area contributed by atoms with Crippen LogP contribution in [0.3, 0.4) is 0 Å². The average Bonchev–Trinajstić information content (AvgIpc) is 2.41. The monoisotopic (exact) mass is 315 g/mol. The van der Waals surface area contributed by atoms with Crippen molar-refractivity contribution in [2.75, 3.05) is 13.2 Å². The van der Waals surface area contributed by atoms with Crippen molar-refractivity contribution in [1.82, 2.24) is 0 Å². The second-order valence-corrected chi connectivity index (χ2v) is 7.48. The van der Waals surface area contributed by atoms with Crippen molar-refractivity contribution in [1.29, 1.82) is 0 Å². The van der Waals surface area contributed by atoms with Crippen LogP contribution in [0.15, 0.2) is 24.3 Å².